The van der Waals surface area contributed by atoms with Gasteiger partial charge in [0, 0.05) is 11.6 Å². The molecule has 0 saturated heterocycles. The molecule has 1 aromatic carbocycles. The van der Waals surface area contributed by atoms with Gasteiger partial charge in [-0.2, -0.15) is 0 Å². The van der Waals surface area contributed by atoms with Crippen molar-refractivity contribution in [1.82, 2.24) is 4.57 Å². The number of hydrogen-bond donors (Lipinski definition) is 1. The van der Waals surface area contributed by atoms with E-state index in [1.165, 1.54) is 4.57 Å². The van der Waals surface area contributed by atoms with Crippen molar-refractivity contribution in [2.75, 3.05) is 0 Å². The Morgan fingerprint density at radius 3 is 2.80 bits per heavy atom. The number of aromatic nitrogens is 1. The second-order valence-electron chi connectivity index (χ2n) is 3.25. The molecular weight excluding hydrogens is 194 g/mol. The van der Waals surface area contributed by atoms with Crippen molar-refractivity contribution in [3.63, 3.8) is 0 Å². The van der Waals surface area contributed by atoms with Gasteiger partial charge in [-0.1, -0.05) is 18.2 Å². The van der Waals surface area contributed by atoms with E-state index < -0.39 is 5.97 Å². The van der Waals surface area contributed by atoms with Gasteiger partial charge in [0.1, 0.15) is 0 Å². The Hall–Kier alpha value is -2.10. The normalized spacial score (nSPS) is 10.4. The molecule has 2 rings (SSSR count). The Balaban J connectivity index is 2.64. The van der Waals surface area contributed by atoms with Gasteiger partial charge < -0.3 is 5.11 Å². The third-order valence-electron chi connectivity index (χ3n) is 2.28. The van der Waals surface area contributed by atoms with Gasteiger partial charge in [-0.3, -0.25) is 14.2 Å². The topological polar surface area (TPSA) is 59.3 Å². The summed E-state index contributed by atoms with van der Waals surface area (Å²) < 4.78 is 1.40. The van der Waals surface area contributed by atoms with Gasteiger partial charge in [0.05, 0.1) is 11.9 Å². The van der Waals surface area contributed by atoms with Gasteiger partial charge in [0.25, 0.3) is 0 Å². The van der Waals surface area contributed by atoms with E-state index in [0.29, 0.717) is 12.0 Å². The molecule has 0 aliphatic heterocycles. The monoisotopic (exact) mass is 203 g/mol. The summed E-state index contributed by atoms with van der Waals surface area (Å²) in [6.45, 7) is 0. The molecule has 4 heteroatoms. The van der Waals surface area contributed by atoms with Crippen LogP contribution in [0.15, 0.2) is 30.5 Å². The van der Waals surface area contributed by atoms with Crippen LogP contribution in [0.4, 0.5) is 0 Å². The van der Waals surface area contributed by atoms with Crippen LogP contribution in [-0.2, 0) is 16.0 Å². The molecule has 2 aromatic rings. The van der Waals surface area contributed by atoms with Crippen LogP contribution < -0.4 is 0 Å². The smallest absolute Gasteiger partial charge is 0.307 e. The molecule has 1 aromatic heterocycles. The molecular formula is C11H9NO3. The first-order valence-electron chi connectivity index (χ1n) is 4.48. The van der Waals surface area contributed by atoms with Gasteiger partial charge in [0.2, 0.25) is 6.41 Å². The van der Waals surface area contributed by atoms with Crippen LogP contribution in [0.3, 0.4) is 0 Å². The summed E-state index contributed by atoms with van der Waals surface area (Å²) in [4.78, 5) is 21.3. The number of carbonyl (C=O) groups is 2. The lowest BCUT2D eigenvalue weighted by Crippen LogP contribution is -1.99. The fourth-order valence-electron chi connectivity index (χ4n) is 1.67. The lowest BCUT2D eigenvalue weighted by molar-refractivity contribution is -0.136. The summed E-state index contributed by atoms with van der Waals surface area (Å²) in [6.07, 6.45) is 2.17. The van der Waals surface area contributed by atoms with Gasteiger partial charge in [-0.15, -0.1) is 0 Å². The van der Waals surface area contributed by atoms with E-state index in [9.17, 15) is 9.59 Å². The number of nitrogens with zero attached hydrogens (tertiary/aromatic N) is 1. The molecule has 0 amide bonds. The van der Waals surface area contributed by atoms with E-state index in [4.69, 9.17) is 5.11 Å². The summed E-state index contributed by atoms with van der Waals surface area (Å²) in [7, 11) is 0. The molecule has 0 fully saturated rings. The first-order chi connectivity index (χ1) is 7.22. The first kappa shape index (κ1) is 9.45. The predicted octanol–water partition coefficient (Wildman–Crippen LogP) is 1.31. The molecule has 0 aliphatic rings. The Kier molecular flexibility index (Phi) is 2.25. The van der Waals surface area contributed by atoms with E-state index in [2.05, 4.69) is 0 Å². The molecule has 15 heavy (non-hydrogen) atoms. The van der Waals surface area contributed by atoms with E-state index in [1.54, 1.807) is 12.3 Å². The molecule has 0 saturated carbocycles. The van der Waals surface area contributed by atoms with Crippen LogP contribution in [-0.4, -0.2) is 22.1 Å². The summed E-state index contributed by atoms with van der Waals surface area (Å²) in [5.74, 6) is -0.899. The SMILES string of the molecule is O=Cn1cc(CC(=O)O)c2ccccc21. The zero-order valence-electron chi connectivity index (χ0n) is 7.88. The van der Waals surface area contributed by atoms with Crippen LogP contribution in [0.2, 0.25) is 0 Å². The van der Waals surface area contributed by atoms with Crippen LogP contribution in [0.5, 0.6) is 0 Å². The average Bonchev–Trinajstić information content (AvgIpc) is 2.56. The van der Waals surface area contributed by atoms with Gasteiger partial charge in [0.15, 0.2) is 0 Å². The highest BCUT2D eigenvalue weighted by Gasteiger charge is 2.09. The number of carboxylic acids is 1. The number of fused-ring (bicyclic) bond motifs is 1. The molecule has 0 atom stereocenters. The van der Waals surface area contributed by atoms with E-state index >= 15 is 0 Å². The van der Waals surface area contributed by atoms with Crippen molar-refractivity contribution >= 4 is 23.3 Å². The third kappa shape index (κ3) is 1.61. The average molecular weight is 203 g/mol. The fourth-order valence-corrected chi connectivity index (χ4v) is 1.67. The molecule has 0 aliphatic carbocycles. The Bertz CT molecular complexity index is 528. The summed E-state index contributed by atoms with van der Waals surface area (Å²) >= 11 is 0. The Morgan fingerprint density at radius 1 is 1.40 bits per heavy atom. The van der Waals surface area contributed by atoms with E-state index in [0.717, 1.165) is 10.9 Å². The van der Waals surface area contributed by atoms with Gasteiger partial charge >= 0.3 is 5.97 Å². The minimum absolute atomic E-state index is 0.0681. The standard InChI is InChI=1S/C11H9NO3/c13-7-12-6-8(5-11(14)15)9-3-1-2-4-10(9)12/h1-4,6-7H,5H2,(H,14,15). The maximum Gasteiger partial charge on any atom is 0.307 e. The predicted molar refractivity (Wildman–Crippen MR) is 55.4 cm³/mol. The quantitative estimate of drug-likeness (QED) is 0.765. The third-order valence-corrected chi connectivity index (χ3v) is 2.28. The number of carbonyl (C=O) groups excluding carboxylic acids is 1. The maximum absolute atomic E-state index is 10.7. The van der Waals surface area contributed by atoms with E-state index in [-0.39, 0.29) is 6.42 Å². The molecule has 0 radical (unpaired) electrons. The number of carboxylic acid groups (broad SMARTS) is 1. The van der Waals surface area contributed by atoms with Crippen molar-refractivity contribution in [2.45, 2.75) is 6.42 Å². The molecule has 4 nitrogen and oxygen atoms in total. The van der Waals surface area contributed by atoms with Crippen molar-refractivity contribution in [3.05, 3.63) is 36.0 Å². The molecule has 1 heterocycles. The minimum Gasteiger partial charge on any atom is -0.481 e. The molecule has 0 bridgehead atoms. The van der Waals surface area contributed by atoms with Crippen molar-refractivity contribution in [1.29, 1.82) is 0 Å². The van der Waals surface area contributed by atoms with Crippen molar-refractivity contribution < 1.29 is 14.7 Å². The minimum atomic E-state index is -0.899. The van der Waals surface area contributed by atoms with Crippen LogP contribution in [0, 0.1) is 0 Å². The second kappa shape index (κ2) is 3.57. The van der Waals surface area contributed by atoms with Gasteiger partial charge in [-0.25, -0.2) is 0 Å². The molecule has 1 N–H and O–H groups in total. The number of aliphatic carboxylic acids is 1. The zero-order chi connectivity index (χ0) is 10.8. The Labute approximate surface area is 85.7 Å². The summed E-state index contributed by atoms with van der Waals surface area (Å²) in [6, 6.07) is 7.23. The second-order valence-corrected chi connectivity index (χ2v) is 3.25. The zero-order valence-corrected chi connectivity index (χ0v) is 7.88. The highest BCUT2D eigenvalue weighted by molar-refractivity contribution is 5.91. The summed E-state index contributed by atoms with van der Waals surface area (Å²) in [5, 5.41) is 9.52. The summed E-state index contributed by atoms with van der Waals surface area (Å²) in [5.41, 5.74) is 1.40. The van der Waals surface area contributed by atoms with Crippen molar-refractivity contribution in [2.24, 2.45) is 0 Å². The number of hydrogen-bond acceptors (Lipinski definition) is 2. The Morgan fingerprint density at radius 2 is 2.13 bits per heavy atom. The molecule has 0 spiro atoms. The maximum atomic E-state index is 10.7. The lowest BCUT2D eigenvalue weighted by Gasteiger charge is -1.93. The number of benzene rings is 1. The van der Waals surface area contributed by atoms with Crippen LogP contribution in [0.25, 0.3) is 10.9 Å². The lowest BCUT2D eigenvalue weighted by atomic mass is 10.1. The van der Waals surface area contributed by atoms with Gasteiger partial charge in [-0.05, 0) is 11.6 Å². The molecule has 76 valence electrons. The van der Waals surface area contributed by atoms with Crippen LogP contribution >= 0.6 is 0 Å². The first-order valence-corrected chi connectivity index (χ1v) is 4.48. The van der Waals surface area contributed by atoms with Crippen molar-refractivity contribution in [3.8, 4) is 0 Å². The van der Waals surface area contributed by atoms with E-state index in [1.807, 2.05) is 18.2 Å². The largest absolute Gasteiger partial charge is 0.481 e. The number of para-hydroxylation sites is 1. The number of rotatable bonds is 3. The fraction of sp³-hybridized carbons (Fsp3) is 0.0909. The van der Waals surface area contributed by atoms with Crippen LogP contribution in [0.1, 0.15) is 5.56 Å². The molecule has 0 unspecified atom stereocenters. The highest BCUT2D eigenvalue weighted by atomic mass is 16.4. The highest BCUT2D eigenvalue weighted by Crippen LogP contribution is 2.20.